The summed E-state index contributed by atoms with van der Waals surface area (Å²) in [6, 6.07) is 0.754. The lowest BCUT2D eigenvalue weighted by Crippen LogP contribution is -2.54. The molecule has 0 aromatic carbocycles. The maximum atomic E-state index is 11.4. The van der Waals surface area contributed by atoms with Crippen molar-refractivity contribution in [3.63, 3.8) is 0 Å². The average Bonchev–Trinajstić information content (AvgIpc) is 3.14. The van der Waals surface area contributed by atoms with E-state index in [0.29, 0.717) is 0 Å². The van der Waals surface area contributed by atoms with Gasteiger partial charge in [0.25, 0.3) is 0 Å². The summed E-state index contributed by atoms with van der Waals surface area (Å²) >= 11 is 0. The van der Waals surface area contributed by atoms with Gasteiger partial charge in [-0.25, -0.2) is 0 Å². The zero-order valence-corrected chi connectivity index (χ0v) is 10.7. The molecule has 2 fully saturated rings. The van der Waals surface area contributed by atoms with Crippen LogP contribution in [0.15, 0.2) is 0 Å². The van der Waals surface area contributed by atoms with Crippen LogP contribution < -0.4 is 5.32 Å². The van der Waals surface area contributed by atoms with E-state index in [1.165, 1.54) is 19.3 Å². The van der Waals surface area contributed by atoms with E-state index in [-0.39, 0.29) is 0 Å². The van der Waals surface area contributed by atoms with E-state index < -0.39 is 11.5 Å². The second-order valence-electron chi connectivity index (χ2n) is 5.59. The van der Waals surface area contributed by atoms with Gasteiger partial charge in [-0.2, -0.15) is 0 Å². The van der Waals surface area contributed by atoms with Crippen LogP contribution in [0.4, 0.5) is 0 Å². The quantitative estimate of drug-likeness (QED) is 0.738. The largest absolute Gasteiger partial charge is 0.480 e. The van der Waals surface area contributed by atoms with Crippen LogP contribution in [0.3, 0.4) is 0 Å². The van der Waals surface area contributed by atoms with Gasteiger partial charge in [0.2, 0.25) is 0 Å². The molecule has 0 heterocycles. The molecule has 2 N–H and O–H groups in total. The van der Waals surface area contributed by atoms with E-state index in [1.807, 2.05) is 0 Å². The van der Waals surface area contributed by atoms with Crippen LogP contribution in [0.25, 0.3) is 0 Å². The number of aliphatic carboxylic acids is 1. The minimum Gasteiger partial charge on any atom is -0.480 e. The number of nitrogens with one attached hydrogen (secondary N) is 1. The molecule has 2 rings (SSSR count). The molecule has 98 valence electrons. The number of hydrogen-bond acceptors (Lipinski definition) is 3. The summed E-state index contributed by atoms with van der Waals surface area (Å²) in [6.45, 7) is 1.75. The molecule has 2 saturated carbocycles. The third-order valence-corrected chi connectivity index (χ3v) is 4.21. The van der Waals surface area contributed by atoms with Crippen LogP contribution in [0.1, 0.15) is 44.9 Å². The van der Waals surface area contributed by atoms with Crippen molar-refractivity contribution in [1.29, 1.82) is 0 Å². The van der Waals surface area contributed by atoms with Gasteiger partial charge in [0.1, 0.15) is 5.54 Å². The highest BCUT2D eigenvalue weighted by atomic mass is 16.4. The first-order valence-electron chi connectivity index (χ1n) is 6.83. The predicted molar refractivity (Wildman–Crippen MR) is 67.1 cm³/mol. The van der Waals surface area contributed by atoms with Crippen LogP contribution >= 0.6 is 0 Å². The van der Waals surface area contributed by atoms with Crippen LogP contribution in [0.2, 0.25) is 0 Å². The molecule has 4 nitrogen and oxygen atoms in total. The molecule has 4 heteroatoms. The summed E-state index contributed by atoms with van der Waals surface area (Å²) in [7, 11) is 2.13. The third kappa shape index (κ3) is 3.19. The Morgan fingerprint density at radius 1 is 1.35 bits per heavy atom. The fraction of sp³-hybridized carbons (Fsp3) is 0.923. The molecular formula is C13H24N2O2. The SMILES string of the molecule is CN(CCNC1(C(=O)O)CCCCC1)C1CC1. The maximum absolute atomic E-state index is 11.4. The number of carboxylic acid groups (broad SMARTS) is 1. The van der Waals surface area contributed by atoms with Gasteiger partial charge in [-0.3, -0.25) is 4.79 Å². The zero-order valence-electron chi connectivity index (χ0n) is 10.7. The minimum absolute atomic E-state index is 0.636. The summed E-state index contributed by atoms with van der Waals surface area (Å²) < 4.78 is 0. The molecule has 0 aromatic rings. The summed E-state index contributed by atoms with van der Waals surface area (Å²) in [4.78, 5) is 13.8. The molecule has 0 atom stereocenters. The molecule has 17 heavy (non-hydrogen) atoms. The van der Waals surface area contributed by atoms with Gasteiger partial charge >= 0.3 is 5.97 Å². The van der Waals surface area contributed by atoms with Crippen LogP contribution in [0.5, 0.6) is 0 Å². The van der Waals surface area contributed by atoms with E-state index in [2.05, 4.69) is 17.3 Å². The van der Waals surface area contributed by atoms with Crippen molar-refractivity contribution in [3.05, 3.63) is 0 Å². The van der Waals surface area contributed by atoms with Crippen molar-refractivity contribution in [3.8, 4) is 0 Å². The highest BCUT2D eigenvalue weighted by Crippen LogP contribution is 2.28. The highest BCUT2D eigenvalue weighted by molar-refractivity contribution is 5.78. The van der Waals surface area contributed by atoms with E-state index in [0.717, 1.165) is 44.8 Å². The Bertz CT molecular complexity index is 271. The Morgan fingerprint density at radius 3 is 2.53 bits per heavy atom. The van der Waals surface area contributed by atoms with Crippen molar-refractivity contribution in [1.82, 2.24) is 10.2 Å². The highest BCUT2D eigenvalue weighted by Gasteiger charge is 2.39. The van der Waals surface area contributed by atoms with Crippen LogP contribution in [-0.4, -0.2) is 47.7 Å². The minimum atomic E-state index is -0.661. The van der Waals surface area contributed by atoms with Crippen LogP contribution in [-0.2, 0) is 4.79 Å². The lowest BCUT2D eigenvalue weighted by atomic mass is 9.81. The fourth-order valence-corrected chi connectivity index (χ4v) is 2.79. The van der Waals surface area contributed by atoms with E-state index >= 15 is 0 Å². The number of hydrogen-bond donors (Lipinski definition) is 2. The number of rotatable bonds is 6. The number of carboxylic acids is 1. The van der Waals surface area contributed by atoms with Crippen molar-refractivity contribution in [2.24, 2.45) is 0 Å². The van der Waals surface area contributed by atoms with Gasteiger partial charge in [-0.15, -0.1) is 0 Å². The van der Waals surface area contributed by atoms with Crippen molar-refractivity contribution < 1.29 is 9.90 Å². The second kappa shape index (κ2) is 5.36. The molecule has 0 bridgehead atoms. The van der Waals surface area contributed by atoms with Crippen LogP contribution in [0, 0.1) is 0 Å². The Balaban J connectivity index is 1.78. The number of nitrogens with zero attached hydrogens (tertiary/aromatic N) is 1. The summed E-state index contributed by atoms with van der Waals surface area (Å²) in [5.41, 5.74) is -0.636. The Morgan fingerprint density at radius 2 is 2.00 bits per heavy atom. The molecular weight excluding hydrogens is 216 g/mol. The fourth-order valence-electron chi connectivity index (χ4n) is 2.79. The first-order chi connectivity index (χ1) is 8.14. The lowest BCUT2D eigenvalue weighted by Gasteiger charge is -2.34. The molecule has 0 amide bonds. The summed E-state index contributed by atoms with van der Waals surface area (Å²) in [6.07, 6.45) is 7.44. The topological polar surface area (TPSA) is 52.6 Å². The molecule has 0 radical (unpaired) electrons. The first kappa shape index (κ1) is 12.8. The molecule has 0 aliphatic heterocycles. The molecule has 0 spiro atoms. The van der Waals surface area contributed by atoms with Crippen molar-refractivity contribution in [2.75, 3.05) is 20.1 Å². The zero-order chi connectivity index (χ0) is 12.3. The van der Waals surface area contributed by atoms with Gasteiger partial charge in [-0.05, 0) is 32.7 Å². The van der Waals surface area contributed by atoms with Gasteiger partial charge in [-0.1, -0.05) is 19.3 Å². The smallest absolute Gasteiger partial charge is 0.323 e. The summed E-state index contributed by atoms with van der Waals surface area (Å²) in [5.74, 6) is -0.661. The van der Waals surface area contributed by atoms with Crippen molar-refractivity contribution >= 4 is 5.97 Å². The molecule has 2 aliphatic carbocycles. The molecule has 0 aromatic heterocycles. The Hall–Kier alpha value is -0.610. The number of likely N-dealkylation sites (N-methyl/N-ethyl adjacent to an activating group) is 1. The van der Waals surface area contributed by atoms with Gasteiger partial charge in [0, 0.05) is 19.1 Å². The normalized spacial score (nSPS) is 23.9. The lowest BCUT2D eigenvalue weighted by molar-refractivity contribution is -0.146. The van der Waals surface area contributed by atoms with Gasteiger partial charge in [0.15, 0.2) is 0 Å². The summed E-state index contributed by atoms with van der Waals surface area (Å²) in [5, 5.41) is 12.7. The average molecular weight is 240 g/mol. The third-order valence-electron chi connectivity index (χ3n) is 4.21. The predicted octanol–water partition coefficient (Wildman–Crippen LogP) is 1.46. The van der Waals surface area contributed by atoms with E-state index in [4.69, 9.17) is 0 Å². The van der Waals surface area contributed by atoms with E-state index in [1.54, 1.807) is 0 Å². The van der Waals surface area contributed by atoms with Crippen molar-refractivity contribution in [2.45, 2.75) is 56.5 Å². The standard InChI is InChI=1S/C13H24N2O2/c1-15(11-5-6-11)10-9-14-13(12(16)17)7-3-2-4-8-13/h11,14H,2-10H2,1H3,(H,16,17). The Kier molecular flexibility index (Phi) is 4.05. The molecule has 0 saturated heterocycles. The van der Waals surface area contributed by atoms with Gasteiger partial charge < -0.3 is 15.3 Å². The number of carbonyl (C=O) groups is 1. The Labute approximate surface area is 103 Å². The second-order valence-corrected chi connectivity index (χ2v) is 5.59. The van der Waals surface area contributed by atoms with E-state index in [9.17, 15) is 9.90 Å². The first-order valence-corrected chi connectivity index (χ1v) is 6.83. The molecule has 2 aliphatic rings. The monoisotopic (exact) mass is 240 g/mol. The maximum Gasteiger partial charge on any atom is 0.323 e. The molecule has 0 unspecified atom stereocenters. The van der Waals surface area contributed by atoms with Gasteiger partial charge in [0.05, 0.1) is 0 Å².